The second-order valence-electron chi connectivity index (χ2n) is 6.58. The Morgan fingerprint density at radius 2 is 1.04 bits per heavy atom. The summed E-state index contributed by atoms with van der Waals surface area (Å²) in [5, 5.41) is 8.73. The second kappa shape index (κ2) is 24.2. The van der Waals surface area contributed by atoms with Gasteiger partial charge in [-0.1, -0.05) is 96.5 Å². The first kappa shape index (κ1) is 30.0. The van der Waals surface area contributed by atoms with E-state index in [1.54, 1.807) is 6.92 Å². The zero-order chi connectivity index (χ0) is 16.5. The number of hydrogen-bond donors (Lipinski definition) is 1. The number of carboxylic acid groups (broad SMARTS) is 1. The summed E-state index contributed by atoms with van der Waals surface area (Å²) in [6, 6.07) is 0. The molecule has 4 heteroatoms. The molecule has 132 valence electrons. The van der Waals surface area contributed by atoms with Gasteiger partial charge < -0.3 is 5.11 Å². The van der Waals surface area contributed by atoms with Crippen LogP contribution in [0.4, 0.5) is 0 Å². The molecule has 2 nitrogen and oxygen atoms in total. The topological polar surface area (TPSA) is 37.3 Å². The fourth-order valence-electron chi connectivity index (χ4n) is 2.74. The molecule has 0 fully saturated rings. The van der Waals surface area contributed by atoms with Gasteiger partial charge in [0.15, 0.2) is 0 Å². The molecule has 0 aromatic carbocycles. The van der Waals surface area contributed by atoms with E-state index in [1.165, 1.54) is 83.5 Å². The van der Waals surface area contributed by atoms with Crippen molar-refractivity contribution in [1.29, 1.82) is 0 Å². The van der Waals surface area contributed by atoms with Gasteiger partial charge in [-0.05, 0) is 19.8 Å². The molecule has 0 aromatic heterocycles. The molecule has 0 heterocycles. The Bertz CT molecular complexity index is 291. The zero-order valence-electron chi connectivity index (χ0n) is 17.0. The van der Waals surface area contributed by atoms with Crippen molar-refractivity contribution in [2.24, 2.45) is 0 Å². The molecule has 1 N–H and O–H groups in total. The predicted molar refractivity (Wildman–Crippen MR) is 108 cm³/mol. The number of unbranched alkanes of at least 4 members (excludes halogenated alkanes) is 14. The van der Waals surface area contributed by atoms with E-state index in [0.29, 0.717) is 5.57 Å². The van der Waals surface area contributed by atoms with Crippen molar-refractivity contribution in [1.82, 2.24) is 0 Å². The van der Waals surface area contributed by atoms with E-state index in [2.05, 4.69) is 6.92 Å². The number of hydrogen-bond acceptors (Lipinski definition) is 1. The van der Waals surface area contributed by atoms with Crippen molar-refractivity contribution < 1.29 is 9.90 Å². The Balaban J connectivity index is -0.00000220. The summed E-state index contributed by atoms with van der Waals surface area (Å²) in [4.78, 5) is 10.6. The monoisotopic (exact) mass is 356 g/mol. The Labute approximate surface area is 195 Å². The first-order chi connectivity index (χ1) is 10.7. The summed E-state index contributed by atoms with van der Waals surface area (Å²) in [5.74, 6) is -0.787. The maximum atomic E-state index is 10.6. The molecule has 0 bridgehead atoms. The largest absolute Gasteiger partial charge is 0.478 e. The minimum Gasteiger partial charge on any atom is -0.478 e. The third-order valence-corrected chi connectivity index (χ3v) is 4.35. The van der Waals surface area contributed by atoms with Crippen LogP contribution in [0.1, 0.15) is 110 Å². The van der Waals surface area contributed by atoms with Crippen molar-refractivity contribution in [2.75, 3.05) is 0 Å². The third-order valence-electron chi connectivity index (χ3n) is 4.35. The number of carboxylic acids is 1. The molecule has 24 heavy (non-hydrogen) atoms. The van der Waals surface area contributed by atoms with Gasteiger partial charge in [-0.3, -0.25) is 0 Å². The maximum absolute atomic E-state index is 10.6. The Morgan fingerprint density at radius 1 is 0.708 bits per heavy atom. The van der Waals surface area contributed by atoms with Gasteiger partial charge in [0, 0.05) is 64.7 Å². The molecule has 0 atom stereocenters. The van der Waals surface area contributed by atoms with E-state index in [4.69, 9.17) is 5.11 Å². The Morgan fingerprint density at radius 3 is 1.38 bits per heavy atom. The van der Waals surface area contributed by atoms with Crippen molar-refractivity contribution in [3.8, 4) is 0 Å². The summed E-state index contributed by atoms with van der Waals surface area (Å²) in [5.41, 5.74) is 0.481. The number of carbonyl (C=O) groups is 1. The van der Waals surface area contributed by atoms with Crippen LogP contribution in [0.25, 0.3) is 0 Å². The number of rotatable bonds is 16. The molecule has 2 radical (unpaired) electrons. The third kappa shape index (κ3) is 23.2. The summed E-state index contributed by atoms with van der Waals surface area (Å²) < 4.78 is 0. The van der Waals surface area contributed by atoms with Gasteiger partial charge in [-0.2, -0.15) is 0 Å². The van der Waals surface area contributed by atoms with Gasteiger partial charge in [0.05, 0.1) is 0 Å². The van der Waals surface area contributed by atoms with Gasteiger partial charge in [-0.25, -0.2) is 4.79 Å². The van der Waals surface area contributed by atoms with E-state index in [-0.39, 0.29) is 59.1 Å². The molecule has 0 aromatic rings. The molecule has 0 aliphatic rings. The standard InChI is InChI=1S/C20H38O2.2Na/c1-3-4-5-6-7-8-9-10-11-12-13-14-15-16-17-18-19(2)20(21)22;;/h18H,3-17H2,1-2H3,(H,21,22);;. The van der Waals surface area contributed by atoms with E-state index in [0.717, 1.165) is 12.8 Å². The van der Waals surface area contributed by atoms with Crippen LogP contribution >= 0.6 is 0 Å². The van der Waals surface area contributed by atoms with Crippen molar-refractivity contribution in [3.63, 3.8) is 0 Å². The van der Waals surface area contributed by atoms with E-state index in [9.17, 15) is 4.79 Å². The van der Waals surface area contributed by atoms with Gasteiger partial charge in [-0.15, -0.1) is 0 Å². The minimum atomic E-state index is -0.787. The Kier molecular flexibility index (Phi) is 30.2. The van der Waals surface area contributed by atoms with Crippen LogP contribution in [0.2, 0.25) is 0 Å². The van der Waals surface area contributed by atoms with Crippen LogP contribution in [0, 0.1) is 0 Å². The van der Waals surface area contributed by atoms with Gasteiger partial charge >= 0.3 is 5.97 Å². The maximum Gasteiger partial charge on any atom is 0.330 e. The normalized spacial score (nSPS) is 10.8. The van der Waals surface area contributed by atoms with Crippen molar-refractivity contribution in [3.05, 3.63) is 11.6 Å². The smallest absolute Gasteiger partial charge is 0.330 e. The van der Waals surface area contributed by atoms with E-state index >= 15 is 0 Å². The first-order valence-corrected chi connectivity index (χ1v) is 9.58. The van der Waals surface area contributed by atoms with Gasteiger partial charge in [0.1, 0.15) is 0 Å². The summed E-state index contributed by atoms with van der Waals surface area (Å²) in [7, 11) is 0. The second-order valence-corrected chi connectivity index (χ2v) is 6.58. The molecule has 0 unspecified atom stereocenters. The predicted octanol–water partition coefficient (Wildman–Crippen LogP) is 6.13. The molecule has 0 saturated carbocycles. The summed E-state index contributed by atoms with van der Waals surface area (Å²) in [6.45, 7) is 3.94. The van der Waals surface area contributed by atoms with Crippen LogP contribution in [0.5, 0.6) is 0 Å². The molecule has 0 aliphatic carbocycles. The fourth-order valence-corrected chi connectivity index (χ4v) is 2.74. The van der Waals surface area contributed by atoms with E-state index < -0.39 is 5.97 Å². The van der Waals surface area contributed by atoms with Crippen LogP contribution in [-0.2, 0) is 4.79 Å². The van der Waals surface area contributed by atoms with Crippen LogP contribution in [0.3, 0.4) is 0 Å². The van der Waals surface area contributed by atoms with Gasteiger partial charge in [0.25, 0.3) is 0 Å². The molecule has 0 amide bonds. The average Bonchev–Trinajstić information content (AvgIpc) is 2.50. The minimum absolute atomic E-state index is 0. The van der Waals surface area contributed by atoms with Gasteiger partial charge in [0.2, 0.25) is 0 Å². The molecular weight excluding hydrogens is 318 g/mol. The Hall–Kier alpha value is 1.21. The number of aliphatic carboxylic acids is 1. The molecule has 0 rings (SSSR count). The molecule has 0 aliphatic heterocycles. The SMILES string of the molecule is CCCCCCCCCCCCCCCCC=C(C)C(=O)O.[Na].[Na]. The van der Waals surface area contributed by atoms with Crippen LogP contribution < -0.4 is 0 Å². The van der Waals surface area contributed by atoms with E-state index in [1.807, 2.05) is 6.08 Å². The van der Waals surface area contributed by atoms with Crippen LogP contribution in [0.15, 0.2) is 11.6 Å². The van der Waals surface area contributed by atoms with Crippen molar-refractivity contribution >= 4 is 65.1 Å². The van der Waals surface area contributed by atoms with Crippen LogP contribution in [-0.4, -0.2) is 70.2 Å². The molecular formula is C20H38Na2O2. The first-order valence-electron chi connectivity index (χ1n) is 9.58. The summed E-state index contributed by atoms with van der Waals surface area (Å²) in [6.07, 6.45) is 21.9. The molecule has 0 spiro atoms. The summed E-state index contributed by atoms with van der Waals surface area (Å²) >= 11 is 0. The number of allylic oxidation sites excluding steroid dienone is 1. The van der Waals surface area contributed by atoms with Crippen molar-refractivity contribution in [2.45, 2.75) is 110 Å². The quantitative estimate of drug-likeness (QED) is 0.205. The zero-order valence-corrected chi connectivity index (χ0v) is 21.0. The molecule has 0 saturated heterocycles. The average molecular weight is 357 g/mol. The fraction of sp³-hybridized carbons (Fsp3) is 0.850.